The average Bonchev–Trinajstić information content (AvgIpc) is 3.29. The third-order valence-electron chi connectivity index (χ3n) is 5.60. The van der Waals surface area contributed by atoms with E-state index >= 15 is 0 Å². The molecule has 4 rings (SSSR count). The Bertz CT molecular complexity index is 1270. The van der Waals surface area contributed by atoms with E-state index in [0.29, 0.717) is 24.3 Å². The molecule has 2 heterocycles. The number of hydrogen-bond acceptors (Lipinski definition) is 5. The molecule has 8 heteroatoms. The molecule has 1 aliphatic carbocycles. The number of benzene rings is 1. The van der Waals surface area contributed by atoms with Crippen LogP contribution >= 0.6 is 0 Å². The number of carbonyl (C=O) groups excluding carboxylic acids is 1. The molecule has 7 nitrogen and oxygen atoms in total. The third kappa shape index (κ3) is 5.63. The molecular weight excluding hydrogens is 431 g/mol. The highest BCUT2D eigenvalue weighted by Gasteiger charge is 2.22. The predicted octanol–water partition coefficient (Wildman–Crippen LogP) is 3.91. The van der Waals surface area contributed by atoms with Gasteiger partial charge in [-0.15, -0.1) is 0 Å². The molecule has 0 spiro atoms. The Morgan fingerprint density at radius 3 is 2.76 bits per heavy atom. The van der Waals surface area contributed by atoms with Gasteiger partial charge in [-0.25, -0.2) is 9.37 Å². The second-order valence-electron chi connectivity index (χ2n) is 8.06. The van der Waals surface area contributed by atoms with Gasteiger partial charge in [-0.3, -0.25) is 9.48 Å². The summed E-state index contributed by atoms with van der Waals surface area (Å²) in [4.78, 5) is 17.5. The second-order valence-corrected chi connectivity index (χ2v) is 8.06. The van der Waals surface area contributed by atoms with Crippen LogP contribution in [-0.2, 0) is 18.3 Å². The number of carbonyl (C=O) groups is 1. The van der Waals surface area contributed by atoms with Gasteiger partial charge in [0.25, 0.3) is 0 Å². The molecule has 0 fully saturated rings. The highest BCUT2D eigenvalue weighted by molar-refractivity contribution is 5.96. The molecule has 1 atom stereocenters. The molecule has 34 heavy (non-hydrogen) atoms. The molecule has 172 valence electrons. The van der Waals surface area contributed by atoms with Gasteiger partial charge >= 0.3 is 0 Å². The van der Waals surface area contributed by atoms with E-state index in [1.165, 1.54) is 6.07 Å². The first-order chi connectivity index (χ1) is 16.5. The molecule has 1 unspecified atom stereocenters. The first kappa shape index (κ1) is 23.1. The number of anilines is 1. The van der Waals surface area contributed by atoms with E-state index in [1.54, 1.807) is 35.3 Å². The summed E-state index contributed by atoms with van der Waals surface area (Å²) >= 11 is 0. The van der Waals surface area contributed by atoms with Crippen LogP contribution in [0.1, 0.15) is 24.0 Å². The fourth-order valence-corrected chi connectivity index (χ4v) is 3.79. The van der Waals surface area contributed by atoms with Crippen LogP contribution in [0.15, 0.2) is 72.7 Å². The lowest BCUT2D eigenvalue weighted by Crippen LogP contribution is -2.43. The summed E-state index contributed by atoms with van der Waals surface area (Å²) in [6.07, 6.45) is 13.6. The van der Waals surface area contributed by atoms with Crippen molar-refractivity contribution in [3.8, 4) is 17.2 Å². The van der Waals surface area contributed by atoms with E-state index in [2.05, 4.69) is 20.7 Å². The lowest BCUT2D eigenvalue weighted by atomic mass is 9.99. The Hall–Kier alpha value is -4.09. The number of nitrogens with one attached hydrogen (secondary N) is 2. The number of aryl methyl sites for hydroxylation is 1. The molecule has 0 bridgehead atoms. The molecule has 0 aliphatic heterocycles. The molecule has 0 radical (unpaired) electrons. The number of rotatable bonds is 8. The largest absolute Gasteiger partial charge is 0.309 e. The summed E-state index contributed by atoms with van der Waals surface area (Å²) in [7, 11) is 1.85. The minimum absolute atomic E-state index is 0.236. The molecule has 2 aromatic heterocycles. The molecular formula is C26H25FN6O. The zero-order valence-corrected chi connectivity index (χ0v) is 18.8. The van der Waals surface area contributed by atoms with Gasteiger partial charge < -0.3 is 10.6 Å². The monoisotopic (exact) mass is 456 g/mol. The zero-order chi connectivity index (χ0) is 23.9. The van der Waals surface area contributed by atoms with E-state index in [-0.39, 0.29) is 11.5 Å². The number of nitriles is 1. The maximum absolute atomic E-state index is 14.2. The maximum Gasteiger partial charge on any atom is 0.247 e. The average molecular weight is 457 g/mol. The minimum Gasteiger partial charge on any atom is -0.309 e. The lowest BCUT2D eigenvalue weighted by Gasteiger charge is -2.21. The van der Waals surface area contributed by atoms with Crippen molar-refractivity contribution in [3.05, 3.63) is 89.7 Å². The fourth-order valence-electron chi connectivity index (χ4n) is 3.79. The first-order valence-corrected chi connectivity index (χ1v) is 11.1. The summed E-state index contributed by atoms with van der Waals surface area (Å²) in [5.41, 5.74) is 3.50. The van der Waals surface area contributed by atoms with Crippen molar-refractivity contribution in [3.63, 3.8) is 0 Å². The molecule has 1 aromatic carbocycles. The van der Waals surface area contributed by atoms with Crippen molar-refractivity contribution in [2.24, 2.45) is 7.05 Å². The first-order valence-electron chi connectivity index (χ1n) is 11.1. The van der Waals surface area contributed by atoms with Gasteiger partial charge in [0, 0.05) is 37.1 Å². The summed E-state index contributed by atoms with van der Waals surface area (Å²) in [5, 5.41) is 19.2. The molecule has 0 saturated heterocycles. The van der Waals surface area contributed by atoms with Crippen LogP contribution in [0, 0.1) is 17.1 Å². The number of allylic oxidation sites excluding steroid dienone is 2. The molecule has 3 aromatic rings. The maximum atomic E-state index is 14.2. The molecule has 2 N–H and O–H groups in total. The van der Waals surface area contributed by atoms with Gasteiger partial charge in [0.15, 0.2) is 0 Å². The predicted molar refractivity (Wildman–Crippen MR) is 128 cm³/mol. The lowest BCUT2D eigenvalue weighted by molar-refractivity contribution is -0.117. The number of pyridine rings is 1. The van der Waals surface area contributed by atoms with Gasteiger partial charge in [0.05, 0.1) is 17.8 Å². The minimum atomic E-state index is -0.599. The highest BCUT2D eigenvalue weighted by Crippen LogP contribution is 2.20. The van der Waals surface area contributed by atoms with Gasteiger partial charge in [-0.2, -0.15) is 10.4 Å². The molecule has 1 amide bonds. The van der Waals surface area contributed by atoms with Gasteiger partial charge in [-0.05, 0) is 54.7 Å². The number of nitrogens with zero attached hydrogens (tertiary/aromatic N) is 4. The topological polar surface area (TPSA) is 95.6 Å². The Kier molecular flexibility index (Phi) is 7.25. The van der Waals surface area contributed by atoms with Crippen molar-refractivity contribution >= 4 is 11.7 Å². The number of aromatic nitrogens is 3. The van der Waals surface area contributed by atoms with Crippen LogP contribution in [0.2, 0.25) is 0 Å². The van der Waals surface area contributed by atoms with Crippen LogP contribution in [0.25, 0.3) is 11.1 Å². The quantitative estimate of drug-likeness (QED) is 0.536. The second kappa shape index (κ2) is 10.7. The van der Waals surface area contributed by atoms with E-state index in [9.17, 15) is 9.18 Å². The highest BCUT2D eigenvalue weighted by atomic mass is 19.1. The van der Waals surface area contributed by atoms with Gasteiger partial charge in [0.2, 0.25) is 5.91 Å². The summed E-state index contributed by atoms with van der Waals surface area (Å²) < 4.78 is 15.9. The summed E-state index contributed by atoms with van der Waals surface area (Å²) in [6.45, 7) is 0.388. The smallest absolute Gasteiger partial charge is 0.247 e. The Balaban J connectivity index is 1.43. The Morgan fingerprint density at radius 1 is 1.24 bits per heavy atom. The van der Waals surface area contributed by atoms with Gasteiger partial charge in [-0.1, -0.05) is 24.3 Å². The van der Waals surface area contributed by atoms with Crippen molar-refractivity contribution in [1.29, 1.82) is 5.26 Å². The zero-order valence-electron chi connectivity index (χ0n) is 18.8. The Morgan fingerprint density at radius 2 is 2.12 bits per heavy atom. The molecule has 1 aliphatic rings. The summed E-state index contributed by atoms with van der Waals surface area (Å²) in [5.74, 6) is -0.209. The van der Waals surface area contributed by atoms with Crippen LogP contribution in [0.3, 0.4) is 0 Å². The third-order valence-corrected chi connectivity index (χ3v) is 5.60. The van der Waals surface area contributed by atoms with E-state index in [1.807, 2.05) is 43.6 Å². The normalized spacial score (nSPS) is 13.7. The van der Waals surface area contributed by atoms with Crippen LogP contribution < -0.4 is 10.6 Å². The SMILES string of the molecule is Cn1cc(-c2ccc(NC(=O)C(NCCc3ccc(C#N)cc3F)C3=CCCC=C3)nc2)cn1. The van der Waals surface area contributed by atoms with Crippen LogP contribution in [0.4, 0.5) is 10.2 Å². The van der Waals surface area contributed by atoms with E-state index < -0.39 is 11.9 Å². The fraction of sp³-hybridized carbons (Fsp3) is 0.231. The molecule has 0 saturated carbocycles. The van der Waals surface area contributed by atoms with Crippen molar-refractivity contribution in [2.75, 3.05) is 11.9 Å². The number of amides is 1. The Labute approximate surface area is 197 Å². The number of hydrogen-bond donors (Lipinski definition) is 2. The van der Waals surface area contributed by atoms with Crippen LogP contribution in [-0.4, -0.2) is 33.3 Å². The van der Waals surface area contributed by atoms with Crippen molar-refractivity contribution in [1.82, 2.24) is 20.1 Å². The van der Waals surface area contributed by atoms with Crippen LogP contribution in [0.5, 0.6) is 0 Å². The number of halogens is 1. The van der Waals surface area contributed by atoms with Gasteiger partial charge in [0.1, 0.15) is 17.7 Å². The van der Waals surface area contributed by atoms with E-state index in [0.717, 1.165) is 29.5 Å². The van der Waals surface area contributed by atoms with Crippen molar-refractivity contribution in [2.45, 2.75) is 25.3 Å². The van der Waals surface area contributed by atoms with Crippen molar-refractivity contribution < 1.29 is 9.18 Å². The standard InChI is InChI=1S/C26H25FN6O/c1-33-17-22(16-31-33)21-9-10-24(30-15-21)32-26(34)25(20-5-3-2-4-6-20)29-12-11-19-8-7-18(14-28)13-23(19)27/h3,5-10,13,15-17,25,29H,2,4,11-12H2,1H3,(H,30,32,34). The van der Waals surface area contributed by atoms with E-state index in [4.69, 9.17) is 5.26 Å². The summed E-state index contributed by atoms with van der Waals surface area (Å²) in [6, 6.07) is 9.41.